The molecule has 0 saturated carbocycles. The normalized spacial score (nSPS) is 28.0. The largest absolute Gasteiger partial charge is 0.394 e. The van der Waals surface area contributed by atoms with Gasteiger partial charge in [0.1, 0.15) is 48.8 Å². The van der Waals surface area contributed by atoms with Crippen molar-refractivity contribution in [3.8, 4) is 0 Å². The molecule has 0 radical (unpaired) electrons. The molecule has 14 nitrogen and oxygen atoms in total. The minimum atomic E-state index is -1.78. The van der Waals surface area contributed by atoms with Crippen LogP contribution in [-0.2, 0) is 23.7 Å². The standard InChI is InChI=1S/C47H89NO13/c1-3-5-7-9-11-13-15-16-17-18-19-20-21-23-25-27-29-31-39(52)48-35(36(51)30-28-26-24-22-14-12-10-8-6-4-2)34-58-46-44(57)42(55)45(38(33-50)60-46)61-47-43(56)41(54)40(53)37(32-49)59-47/h28,30,35-38,40-47,49-51,53-57H,3-27,29,31-34H2,1-2H3,(H,48,52)/b30-28+/t35-,36+,37+,38+,40-,41?,42?,43?,44?,45+,46+,47-/m0/s1. The Labute approximate surface area is 367 Å². The summed E-state index contributed by atoms with van der Waals surface area (Å²) in [6, 6.07) is -0.906. The van der Waals surface area contributed by atoms with Crippen LogP contribution in [0.3, 0.4) is 0 Å². The first-order valence-electron chi connectivity index (χ1n) is 24.4. The van der Waals surface area contributed by atoms with E-state index in [1.807, 2.05) is 6.08 Å². The monoisotopic (exact) mass is 876 g/mol. The maximum absolute atomic E-state index is 13.1. The van der Waals surface area contributed by atoms with E-state index in [1.165, 1.54) is 122 Å². The Kier molecular flexibility index (Phi) is 32.1. The highest BCUT2D eigenvalue weighted by Gasteiger charge is 2.51. The molecule has 2 saturated heterocycles. The Hall–Kier alpha value is -1.27. The second kappa shape index (κ2) is 35.0. The van der Waals surface area contributed by atoms with Crippen molar-refractivity contribution in [3.05, 3.63) is 12.2 Å². The number of carbonyl (C=O) groups excluding carboxylic acids is 1. The van der Waals surface area contributed by atoms with Crippen LogP contribution in [0.4, 0.5) is 0 Å². The lowest BCUT2D eigenvalue weighted by atomic mass is 9.97. The third kappa shape index (κ3) is 23.0. The zero-order valence-electron chi connectivity index (χ0n) is 37.9. The van der Waals surface area contributed by atoms with Crippen LogP contribution in [-0.4, -0.2) is 140 Å². The molecule has 0 aromatic rings. The second-order valence-corrected chi connectivity index (χ2v) is 17.6. The first-order valence-corrected chi connectivity index (χ1v) is 24.4. The number of hydrogen-bond acceptors (Lipinski definition) is 13. The zero-order valence-corrected chi connectivity index (χ0v) is 37.9. The fourth-order valence-electron chi connectivity index (χ4n) is 8.17. The van der Waals surface area contributed by atoms with Crippen LogP contribution in [0.15, 0.2) is 12.2 Å². The predicted octanol–water partition coefficient (Wildman–Crippen LogP) is 5.60. The maximum atomic E-state index is 13.1. The average Bonchev–Trinajstić information content (AvgIpc) is 3.26. The topological polar surface area (TPSA) is 228 Å². The second-order valence-electron chi connectivity index (χ2n) is 17.6. The van der Waals surface area contributed by atoms with Crippen molar-refractivity contribution in [3.63, 3.8) is 0 Å². The summed E-state index contributed by atoms with van der Waals surface area (Å²) in [6.07, 6.45) is 18.3. The van der Waals surface area contributed by atoms with Crippen molar-refractivity contribution in [1.29, 1.82) is 0 Å². The number of aliphatic hydroxyl groups is 8. The van der Waals surface area contributed by atoms with E-state index in [0.717, 1.165) is 38.5 Å². The van der Waals surface area contributed by atoms with E-state index >= 15 is 0 Å². The fraction of sp³-hybridized carbons (Fsp3) is 0.936. The summed E-state index contributed by atoms with van der Waals surface area (Å²) < 4.78 is 22.6. The highest BCUT2D eigenvalue weighted by atomic mass is 16.7. The van der Waals surface area contributed by atoms with Crippen LogP contribution in [0.2, 0.25) is 0 Å². The van der Waals surface area contributed by atoms with Crippen molar-refractivity contribution in [2.24, 2.45) is 0 Å². The van der Waals surface area contributed by atoms with E-state index in [2.05, 4.69) is 19.2 Å². The molecule has 360 valence electrons. The molecular weight excluding hydrogens is 787 g/mol. The molecule has 4 unspecified atom stereocenters. The molecule has 2 heterocycles. The van der Waals surface area contributed by atoms with Crippen LogP contribution in [0.5, 0.6) is 0 Å². The van der Waals surface area contributed by atoms with Gasteiger partial charge in [-0.25, -0.2) is 0 Å². The molecule has 0 aromatic heterocycles. The average molecular weight is 876 g/mol. The van der Waals surface area contributed by atoms with Crippen molar-refractivity contribution in [1.82, 2.24) is 5.32 Å². The predicted molar refractivity (Wildman–Crippen MR) is 235 cm³/mol. The van der Waals surface area contributed by atoms with E-state index < -0.39 is 86.8 Å². The van der Waals surface area contributed by atoms with Gasteiger partial charge in [-0.15, -0.1) is 0 Å². The van der Waals surface area contributed by atoms with Gasteiger partial charge in [-0.05, 0) is 19.3 Å². The van der Waals surface area contributed by atoms with Gasteiger partial charge < -0.3 is 65.1 Å². The van der Waals surface area contributed by atoms with Crippen molar-refractivity contribution >= 4 is 5.91 Å². The highest BCUT2D eigenvalue weighted by molar-refractivity contribution is 5.76. The van der Waals surface area contributed by atoms with Gasteiger partial charge in [0.25, 0.3) is 0 Å². The van der Waals surface area contributed by atoms with E-state index in [0.29, 0.717) is 6.42 Å². The minimum absolute atomic E-state index is 0.239. The third-order valence-corrected chi connectivity index (χ3v) is 12.2. The number of carbonyl (C=O) groups is 1. The van der Waals surface area contributed by atoms with Gasteiger partial charge >= 0.3 is 0 Å². The molecule has 61 heavy (non-hydrogen) atoms. The van der Waals surface area contributed by atoms with Gasteiger partial charge in [0, 0.05) is 6.42 Å². The van der Waals surface area contributed by atoms with Gasteiger partial charge in [-0.2, -0.15) is 0 Å². The molecule has 12 atom stereocenters. The number of nitrogens with one attached hydrogen (secondary N) is 1. The maximum Gasteiger partial charge on any atom is 0.220 e. The molecule has 2 aliphatic rings. The smallest absolute Gasteiger partial charge is 0.220 e. The lowest BCUT2D eigenvalue weighted by Gasteiger charge is -2.46. The lowest BCUT2D eigenvalue weighted by Crippen LogP contribution is -2.65. The summed E-state index contributed by atoms with van der Waals surface area (Å²) >= 11 is 0. The van der Waals surface area contributed by atoms with Crippen molar-refractivity contribution in [2.75, 3.05) is 19.8 Å². The SMILES string of the molecule is CCCCCCCCCC/C=C/[C@@H](O)[C@H](CO[C@@H]1O[C@H](CO)[C@@H](O[C@@H]2O[C@H](CO)[C@H](O)C(O)C2O)C(O)C1O)NC(=O)CCCCCCCCCCCCCCCCCCC. The first-order chi connectivity index (χ1) is 29.6. The Bertz CT molecular complexity index is 1080. The van der Waals surface area contributed by atoms with E-state index in [9.17, 15) is 45.6 Å². The summed E-state index contributed by atoms with van der Waals surface area (Å²) in [5, 5.41) is 86.5. The Morgan fingerprint density at radius 1 is 0.574 bits per heavy atom. The number of amides is 1. The molecule has 2 fully saturated rings. The number of aliphatic hydroxyl groups excluding tert-OH is 8. The quantitative estimate of drug-likeness (QED) is 0.0274. The van der Waals surface area contributed by atoms with Gasteiger partial charge in [0.2, 0.25) is 5.91 Å². The number of unbranched alkanes of at least 4 members (excludes halogenated alkanes) is 24. The molecule has 0 spiro atoms. The van der Waals surface area contributed by atoms with Crippen molar-refractivity contribution < 1.29 is 64.6 Å². The van der Waals surface area contributed by atoms with E-state index in [4.69, 9.17) is 18.9 Å². The van der Waals surface area contributed by atoms with Gasteiger partial charge in [0.05, 0.1) is 32.0 Å². The van der Waals surface area contributed by atoms with E-state index in [-0.39, 0.29) is 18.9 Å². The number of allylic oxidation sites excluding steroid dienone is 1. The van der Waals surface area contributed by atoms with Gasteiger partial charge in [-0.1, -0.05) is 174 Å². The van der Waals surface area contributed by atoms with Crippen LogP contribution < -0.4 is 5.32 Å². The van der Waals surface area contributed by atoms with Gasteiger partial charge in [-0.3, -0.25) is 4.79 Å². The summed E-state index contributed by atoms with van der Waals surface area (Å²) in [5.41, 5.74) is 0. The first kappa shape index (κ1) is 55.9. The Morgan fingerprint density at radius 3 is 1.51 bits per heavy atom. The number of ether oxygens (including phenoxy) is 4. The molecular formula is C47H89NO13. The lowest BCUT2D eigenvalue weighted by molar-refractivity contribution is -0.359. The summed E-state index contributed by atoms with van der Waals surface area (Å²) in [7, 11) is 0. The van der Waals surface area contributed by atoms with Gasteiger partial charge in [0.15, 0.2) is 12.6 Å². The molecule has 1 amide bonds. The van der Waals surface area contributed by atoms with Crippen LogP contribution in [0.25, 0.3) is 0 Å². The zero-order chi connectivity index (χ0) is 44.7. The fourth-order valence-corrected chi connectivity index (χ4v) is 8.17. The summed E-state index contributed by atoms with van der Waals surface area (Å²) in [5.74, 6) is -0.239. The van der Waals surface area contributed by atoms with E-state index in [1.54, 1.807) is 6.08 Å². The Balaban J connectivity index is 1.84. The van der Waals surface area contributed by atoms with Crippen LogP contribution in [0.1, 0.15) is 187 Å². The molecule has 2 aliphatic heterocycles. The molecule has 9 N–H and O–H groups in total. The molecule has 0 aliphatic carbocycles. The molecule has 14 heteroatoms. The number of rotatable bonds is 37. The molecule has 2 rings (SSSR count). The van der Waals surface area contributed by atoms with Crippen LogP contribution in [0, 0.1) is 0 Å². The summed E-state index contributed by atoms with van der Waals surface area (Å²) in [6.45, 7) is 2.76. The Morgan fingerprint density at radius 2 is 1.02 bits per heavy atom. The number of hydrogen-bond donors (Lipinski definition) is 9. The molecule has 0 bridgehead atoms. The third-order valence-electron chi connectivity index (χ3n) is 12.2. The highest BCUT2D eigenvalue weighted by Crippen LogP contribution is 2.30. The molecule has 0 aromatic carbocycles. The minimum Gasteiger partial charge on any atom is -0.394 e. The van der Waals surface area contributed by atoms with Crippen molar-refractivity contribution in [2.45, 2.75) is 261 Å². The van der Waals surface area contributed by atoms with Crippen LogP contribution >= 0.6 is 0 Å². The summed E-state index contributed by atoms with van der Waals surface area (Å²) in [4.78, 5) is 13.1.